The zero-order valence-electron chi connectivity index (χ0n) is 9.27. The molecule has 0 aliphatic heterocycles. The number of hydrogen-bond acceptors (Lipinski definition) is 5. The SMILES string of the molecule is COC(=O)c1ccc(OC(C)=O)cc1OC. The summed E-state index contributed by atoms with van der Waals surface area (Å²) >= 11 is 0. The number of ether oxygens (including phenoxy) is 3. The van der Waals surface area contributed by atoms with Crippen LogP contribution in [0.5, 0.6) is 11.5 Å². The van der Waals surface area contributed by atoms with E-state index in [-0.39, 0.29) is 5.56 Å². The highest BCUT2D eigenvalue weighted by molar-refractivity contribution is 5.92. The third kappa shape index (κ3) is 2.73. The van der Waals surface area contributed by atoms with Gasteiger partial charge in [0.2, 0.25) is 0 Å². The van der Waals surface area contributed by atoms with Gasteiger partial charge in [-0.1, -0.05) is 0 Å². The van der Waals surface area contributed by atoms with Crippen LogP contribution in [-0.2, 0) is 9.53 Å². The summed E-state index contributed by atoms with van der Waals surface area (Å²) in [6, 6.07) is 4.42. The van der Waals surface area contributed by atoms with Crippen LogP contribution in [0, 0.1) is 0 Å². The number of esters is 2. The van der Waals surface area contributed by atoms with Crippen molar-refractivity contribution in [3.05, 3.63) is 23.8 Å². The molecule has 0 saturated heterocycles. The molecule has 0 aliphatic carbocycles. The Balaban J connectivity index is 3.06. The molecule has 0 unspecified atom stereocenters. The molecule has 0 spiro atoms. The Morgan fingerprint density at radius 2 is 1.88 bits per heavy atom. The molecule has 0 bridgehead atoms. The van der Waals surface area contributed by atoms with Crippen molar-refractivity contribution in [1.29, 1.82) is 0 Å². The first kappa shape index (κ1) is 12.0. The number of carbonyl (C=O) groups excluding carboxylic acids is 2. The molecule has 0 N–H and O–H groups in total. The van der Waals surface area contributed by atoms with E-state index in [1.807, 2.05) is 0 Å². The van der Waals surface area contributed by atoms with E-state index in [1.165, 1.54) is 39.3 Å². The Morgan fingerprint density at radius 3 is 2.38 bits per heavy atom. The minimum absolute atomic E-state index is 0.279. The first-order chi connectivity index (χ1) is 7.58. The van der Waals surface area contributed by atoms with Crippen molar-refractivity contribution >= 4 is 11.9 Å². The Morgan fingerprint density at radius 1 is 1.19 bits per heavy atom. The van der Waals surface area contributed by atoms with Gasteiger partial charge in [-0.2, -0.15) is 0 Å². The normalized spacial score (nSPS) is 9.44. The summed E-state index contributed by atoms with van der Waals surface area (Å²) in [5.74, 6) is -0.332. The monoisotopic (exact) mass is 224 g/mol. The first-order valence-electron chi connectivity index (χ1n) is 4.53. The van der Waals surface area contributed by atoms with Crippen molar-refractivity contribution in [3.8, 4) is 11.5 Å². The Labute approximate surface area is 92.9 Å². The smallest absolute Gasteiger partial charge is 0.341 e. The van der Waals surface area contributed by atoms with Crippen LogP contribution in [0.2, 0.25) is 0 Å². The Hall–Kier alpha value is -2.04. The number of benzene rings is 1. The fourth-order valence-corrected chi connectivity index (χ4v) is 1.18. The molecule has 0 radical (unpaired) electrons. The molecule has 0 saturated carbocycles. The molecule has 0 amide bonds. The van der Waals surface area contributed by atoms with Gasteiger partial charge in [0.1, 0.15) is 17.1 Å². The molecular weight excluding hydrogens is 212 g/mol. The predicted octanol–water partition coefficient (Wildman–Crippen LogP) is 1.41. The Kier molecular flexibility index (Phi) is 3.88. The zero-order valence-corrected chi connectivity index (χ0v) is 9.27. The average Bonchev–Trinajstić information content (AvgIpc) is 2.27. The van der Waals surface area contributed by atoms with Crippen LogP contribution >= 0.6 is 0 Å². The molecular formula is C11H12O5. The topological polar surface area (TPSA) is 61.8 Å². The van der Waals surface area contributed by atoms with Crippen LogP contribution in [0.4, 0.5) is 0 Å². The van der Waals surface area contributed by atoms with Crippen LogP contribution in [-0.4, -0.2) is 26.2 Å². The van der Waals surface area contributed by atoms with E-state index in [0.29, 0.717) is 11.5 Å². The van der Waals surface area contributed by atoms with E-state index in [1.54, 1.807) is 0 Å². The number of rotatable bonds is 3. The third-order valence-electron chi connectivity index (χ3n) is 1.84. The van der Waals surface area contributed by atoms with Crippen LogP contribution in [0.3, 0.4) is 0 Å². The molecule has 0 aromatic heterocycles. The summed E-state index contributed by atoms with van der Waals surface area (Å²) in [6.45, 7) is 1.29. The van der Waals surface area contributed by atoms with Crippen LogP contribution in [0.15, 0.2) is 18.2 Å². The van der Waals surface area contributed by atoms with Crippen molar-refractivity contribution < 1.29 is 23.8 Å². The quantitative estimate of drug-likeness (QED) is 0.573. The number of methoxy groups -OCH3 is 2. The van der Waals surface area contributed by atoms with Gasteiger partial charge < -0.3 is 14.2 Å². The highest BCUT2D eigenvalue weighted by Gasteiger charge is 2.13. The van der Waals surface area contributed by atoms with Gasteiger partial charge in [0.15, 0.2) is 0 Å². The molecule has 1 aromatic rings. The Bertz CT molecular complexity index is 411. The van der Waals surface area contributed by atoms with Gasteiger partial charge in [-0.3, -0.25) is 4.79 Å². The summed E-state index contributed by atoms with van der Waals surface area (Å²) in [4.78, 5) is 22.0. The maximum absolute atomic E-state index is 11.3. The average molecular weight is 224 g/mol. The lowest BCUT2D eigenvalue weighted by Gasteiger charge is -2.08. The minimum atomic E-state index is -0.508. The van der Waals surface area contributed by atoms with Crippen molar-refractivity contribution in [3.63, 3.8) is 0 Å². The molecule has 0 atom stereocenters. The van der Waals surface area contributed by atoms with Gasteiger partial charge in [0.05, 0.1) is 14.2 Å². The largest absolute Gasteiger partial charge is 0.496 e. The van der Waals surface area contributed by atoms with Crippen molar-refractivity contribution in [2.75, 3.05) is 14.2 Å². The lowest BCUT2D eigenvalue weighted by Crippen LogP contribution is -2.06. The van der Waals surface area contributed by atoms with E-state index >= 15 is 0 Å². The van der Waals surface area contributed by atoms with E-state index in [0.717, 1.165) is 0 Å². The third-order valence-corrected chi connectivity index (χ3v) is 1.84. The van der Waals surface area contributed by atoms with Gasteiger partial charge in [-0.25, -0.2) is 4.79 Å². The lowest BCUT2D eigenvalue weighted by atomic mass is 10.2. The molecule has 86 valence electrons. The summed E-state index contributed by atoms with van der Waals surface area (Å²) < 4.78 is 14.4. The molecule has 5 heteroatoms. The molecule has 0 fully saturated rings. The highest BCUT2D eigenvalue weighted by atomic mass is 16.5. The molecule has 1 rings (SSSR count). The van der Waals surface area contributed by atoms with Crippen molar-refractivity contribution in [2.24, 2.45) is 0 Å². The molecule has 1 aromatic carbocycles. The summed E-state index contributed by atoms with van der Waals surface area (Å²) in [5.41, 5.74) is 0.279. The van der Waals surface area contributed by atoms with Crippen molar-refractivity contribution in [2.45, 2.75) is 6.92 Å². The zero-order chi connectivity index (χ0) is 12.1. The maximum atomic E-state index is 11.3. The van der Waals surface area contributed by atoms with E-state index in [9.17, 15) is 9.59 Å². The second-order valence-corrected chi connectivity index (χ2v) is 2.95. The second-order valence-electron chi connectivity index (χ2n) is 2.95. The first-order valence-corrected chi connectivity index (χ1v) is 4.53. The van der Waals surface area contributed by atoms with E-state index in [4.69, 9.17) is 9.47 Å². The molecule has 0 aliphatic rings. The van der Waals surface area contributed by atoms with E-state index < -0.39 is 11.9 Å². The molecule has 0 heterocycles. The minimum Gasteiger partial charge on any atom is -0.496 e. The summed E-state index contributed by atoms with van der Waals surface area (Å²) in [6.07, 6.45) is 0. The number of hydrogen-bond donors (Lipinski definition) is 0. The highest BCUT2D eigenvalue weighted by Crippen LogP contribution is 2.25. The van der Waals surface area contributed by atoms with Crippen molar-refractivity contribution in [1.82, 2.24) is 0 Å². The lowest BCUT2D eigenvalue weighted by molar-refractivity contribution is -0.131. The predicted molar refractivity (Wildman–Crippen MR) is 55.6 cm³/mol. The molecule has 16 heavy (non-hydrogen) atoms. The number of carbonyl (C=O) groups is 2. The van der Waals surface area contributed by atoms with Gasteiger partial charge in [-0.05, 0) is 12.1 Å². The van der Waals surface area contributed by atoms with Gasteiger partial charge >= 0.3 is 11.9 Å². The fraction of sp³-hybridized carbons (Fsp3) is 0.273. The molecule has 5 nitrogen and oxygen atoms in total. The standard InChI is InChI=1S/C11H12O5/c1-7(12)16-8-4-5-9(11(13)15-3)10(6-8)14-2/h4-6H,1-3H3. The van der Waals surface area contributed by atoms with Crippen LogP contribution < -0.4 is 9.47 Å². The summed E-state index contributed by atoms with van der Waals surface area (Å²) in [5, 5.41) is 0. The van der Waals surface area contributed by atoms with Gasteiger partial charge in [0.25, 0.3) is 0 Å². The van der Waals surface area contributed by atoms with Gasteiger partial charge in [0, 0.05) is 13.0 Å². The van der Waals surface area contributed by atoms with Gasteiger partial charge in [-0.15, -0.1) is 0 Å². The summed E-state index contributed by atoms with van der Waals surface area (Å²) in [7, 11) is 2.70. The van der Waals surface area contributed by atoms with Crippen LogP contribution in [0.1, 0.15) is 17.3 Å². The fourth-order valence-electron chi connectivity index (χ4n) is 1.18. The second kappa shape index (κ2) is 5.16. The maximum Gasteiger partial charge on any atom is 0.341 e. The van der Waals surface area contributed by atoms with E-state index in [2.05, 4.69) is 4.74 Å². The van der Waals surface area contributed by atoms with Crippen LogP contribution in [0.25, 0.3) is 0 Å².